The minimum Gasteiger partial charge on any atom is -0.485 e. The number of nitrogens with one attached hydrogen (secondary N) is 2. The first-order valence-electron chi connectivity index (χ1n) is 9.93. The van der Waals surface area contributed by atoms with Gasteiger partial charge in [0.15, 0.2) is 0 Å². The number of carbonyl (C=O) groups is 1. The van der Waals surface area contributed by atoms with E-state index < -0.39 is 38.1 Å². The maximum atomic E-state index is 13.4. The van der Waals surface area contributed by atoms with Crippen LogP contribution in [0.3, 0.4) is 0 Å². The summed E-state index contributed by atoms with van der Waals surface area (Å²) in [7, 11) is -7.81. The number of hydrogen-bond acceptors (Lipinski definition) is 6. The predicted octanol–water partition coefficient (Wildman–Crippen LogP) is 2.45. The second kappa shape index (κ2) is 9.53. The summed E-state index contributed by atoms with van der Waals surface area (Å²) in [5, 5.41) is 11.1. The van der Waals surface area contributed by atoms with E-state index in [0.717, 1.165) is 28.6 Å². The zero-order valence-electron chi connectivity index (χ0n) is 17.9. The van der Waals surface area contributed by atoms with E-state index in [0.29, 0.717) is 0 Å². The lowest BCUT2D eigenvalue weighted by Gasteiger charge is -2.35. The van der Waals surface area contributed by atoms with Gasteiger partial charge in [-0.05, 0) is 48.4 Å². The van der Waals surface area contributed by atoms with Crippen molar-refractivity contribution in [1.29, 1.82) is 0 Å². The van der Waals surface area contributed by atoms with E-state index in [-0.39, 0.29) is 46.8 Å². The average molecular weight is 502 g/mol. The number of ether oxygens (including phenoxy) is 1. The van der Waals surface area contributed by atoms with Crippen LogP contribution in [-0.2, 0) is 20.0 Å². The molecule has 1 amide bonds. The molecule has 2 aromatic carbocycles. The van der Waals surface area contributed by atoms with Crippen molar-refractivity contribution in [1.82, 2.24) is 4.72 Å². The molecule has 1 unspecified atom stereocenters. The first kappa shape index (κ1) is 24.7. The van der Waals surface area contributed by atoms with Crippen LogP contribution in [0.25, 0.3) is 0 Å². The Bertz CT molecular complexity index is 1230. The molecule has 1 aliphatic rings. The maximum absolute atomic E-state index is 13.4. The molecule has 2 aromatic rings. The fourth-order valence-corrected chi connectivity index (χ4v) is 6.23. The Hall–Kier alpha value is -2.90. The highest BCUT2D eigenvalue weighted by atomic mass is 32.2. The molecule has 0 aliphatic carbocycles. The number of fused-ring (bicyclic) bond motifs is 1. The number of anilines is 2. The first-order chi connectivity index (χ1) is 15.4. The monoisotopic (exact) mass is 501 g/mol. The van der Waals surface area contributed by atoms with E-state index in [2.05, 4.69) is 10.0 Å². The summed E-state index contributed by atoms with van der Waals surface area (Å²) in [6.07, 6.45) is -2.20. The Morgan fingerprint density at radius 3 is 2.45 bits per heavy atom. The molecule has 0 saturated heterocycles. The molecule has 33 heavy (non-hydrogen) atoms. The predicted molar refractivity (Wildman–Crippen MR) is 120 cm³/mol. The molecular weight excluding hydrogens is 477 g/mol. The molecule has 13 heteroatoms. The van der Waals surface area contributed by atoms with Crippen molar-refractivity contribution in [3.05, 3.63) is 48.3 Å². The van der Waals surface area contributed by atoms with Crippen LogP contribution < -0.4 is 19.1 Å². The molecule has 1 aliphatic heterocycles. The van der Waals surface area contributed by atoms with Crippen molar-refractivity contribution in [2.24, 2.45) is 5.92 Å². The van der Waals surface area contributed by atoms with Gasteiger partial charge in [-0.25, -0.2) is 30.7 Å². The zero-order chi connectivity index (χ0) is 24.4. The third-order valence-corrected chi connectivity index (χ3v) is 8.13. The third kappa shape index (κ3) is 6.12. The minimum absolute atomic E-state index is 0.0619. The van der Waals surface area contributed by atoms with Crippen molar-refractivity contribution in [3.8, 4) is 5.75 Å². The fraction of sp³-hybridized carbons (Fsp3) is 0.350. The summed E-state index contributed by atoms with van der Waals surface area (Å²) in [5.74, 6) is -0.693. The molecule has 0 aromatic heterocycles. The van der Waals surface area contributed by atoms with E-state index in [1.54, 1.807) is 13.8 Å². The molecule has 10 nitrogen and oxygen atoms in total. The van der Waals surface area contributed by atoms with Crippen LogP contribution in [0.4, 0.5) is 20.6 Å². The Labute approximate surface area is 191 Å². The van der Waals surface area contributed by atoms with Gasteiger partial charge >= 0.3 is 6.09 Å². The number of sulfonamides is 2. The molecule has 0 fully saturated rings. The highest BCUT2D eigenvalue weighted by Crippen LogP contribution is 2.39. The standard InChI is InChI=1S/C20H24FN3O7S2/c1-13(2)12-32(27,28)22-10-16-11-24(33(29,30)17-6-3-14(21)4-7-17)18-9-15(23-20(25)26)5-8-19(18)31-16/h3-9,13,16,22-23H,10-12H2,1-2H3,(H,25,26). The number of carboxylic acid groups (broad SMARTS) is 1. The van der Waals surface area contributed by atoms with Crippen LogP contribution in [0.15, 0.2) is 47.4 Å². The van der Waals surface area contributed by atoms with Gasteiger partial charge in [-0.3, -0.25) is 9.62 Å². The Kier molecular flexibility index (Phi) is 7.14. The van der Waals surface area contributed by atoms with Crippen LogP contribution >= 0.6 is 0 Å². The van der Waals surface area contributed by atoms with Crippen LogP contribution in [-0.4, -0.2) is 53.0 Å². The summed E-state index contributed by atoms with van der Waals surface area (Å²) in [6.45, 7) is 3.07. The minimum atomic E-state index is -4.21. The molecule has 180 valence electrons. The van der Waals surface area contributed by atoms with Crippen molar-refractivity contribution in [2.75, 3.05) is 28.5 Å². The number of amides is 1. The number of halogens is 1. The summed E-state index contributed by atoms with van der Waals surface area (Å²) in [6, 6.07) is 8.31. The Morgan fingerprint density at radius 1 is 1.18 bits per heavy atom. The molecule has 0 saturated carbocycles. The van der Waals surface area contributed by atoms with E-state index >= 15 is 0 Å². The lowest BCUT2D eigenvalue weighted by molar-refractivity contribution is 0.203. The maximum Gasteiger partial charge on any atom is 0.409 e. The second-order valence-electron chi connectivity index (χ2n) is 7.87. The van der Waals surface area contributed by atoms with Gasteiger partial charge in [0, 0.05) is 12.2 Å². The topological polar surface area (TPSA) is 142 Å². The third-order valence-electron chi connectivity index (χ3n) is 4.63. The van der Waals surface area contributed by atoms with Gasteiger partial charge in [-0.1, -0.05) is 13.8 Å². The number of nitrogens with zero attached hydrogens (tertiary/aromatic N) is 1. The van der Waals surface area contributed by atoms with Gasteiger partial charge in [0.2, 0.25) is 10.0 Å². The molecule has 0 spiro atoms. The van der Waals surface area contributed by atoms with Crippen LogP contribution in [0.1, 0.15) is 13.8 Å². The quantitative estimate of drug-likeness (QED) is 0.504. The molecule has 1 heterocycles. The van der Waals surface area contributed by atoms with E-state index in [4.69, 9.17) is 9.84 Å². The molecule has 0 radical (unpaired) electrons. The normalized spacial score (nSPS) is 16.2. The SMILES string of the molecule is CC(C)CS(=O)(=O)NCC1CN(S(=O)(=O)c2ccc(F)cc2)c2cc(NC(=O)O)ccc2O1. The van der Waals surface area contributed by atoms with Gasteiger partial charge in [0.25, 0.3) is 10.0 Å². The van der Waals surface area contributed by atoms with Crippen molar-refractivity contribution in [2.45, 2.75) is 24.8 Å². The number of benzene rings is 2. The lowest BCUT2D eigenvalue weighted by Crippen LogP contribution is -2.48. The highest BCUT2D eigenvalue weighted by Gasteiger charge is 2.35. The van der Waals surface area contributed by atoms with Gasteiger partial charge in [0.05, 0.1) is 22.9 Å². The molecule has 3 rings (SSSR count). The van der Waals surface area contributed by atoms with E-state index in [9.17, 15) is 26.0 Å². The summed E-state index contributed by atoms with van der Waals surface area (Å²) in [5.41, 5.74) is 0.173. The van der Waals surface area contributed by atoms with Gasteiger partial charge < -0.3 is 9.84 Å². The Morgan fingerprint density at radius 2 is 1.85 bits per heavy atom. The average Bonchev–Trinajstić information content (AvgIpc) is 2.70. The zero-order valence-corrected chi connectivity index (χ0v) is 19.5. The van der Waals surface area contributed by atoms with Crippen LogP contribution in [0.2, 0.25) is 0 Å². The molecular formula is C20H24FN3O7S2. The van der Waals surface area contributed by atoms with Gasteiger partial charge in [-0.2, -0.15) is 0 Å². The number of hydrogen-bond donors (Lipinski definition) is 3. The van der Waals surface area contributed by atoms with E-state index in [1.807, 2.05) is 0 Å². The van der Waals surface area contributed by atoms with Crippen LogP contribution in [0, 0.1) is 11.7 Å². The largest absolute Gasteiger partial charge is 0.485 e. The first-order valence-corrected chi connectivity index (χ1v) is 13.0. The summed E-state index contributed by atoms with van der Waals surface area (Å²) in [4.78, 5) is 10.8. The van der Waals surface area contributed by atoms with Crippen LogP contribution in [0.5, 0.6) is 5.75 Å². The second-order valence-corrected chi connectivity index (χ2v) is 11.6. The van der Waals surface area contributed by atoms with Crippen molar-refractivity contribution in [3.63, 3.8) is 0 Å². The smallest absolute Gasteiger partial charge is 0.409 e. The summed E-state index contributed by atoms with van der Waals surface area (Å²) < 4.78 is 73.7. The summed E-state index contributed by atoms with van der Waals surface area (Å²) >= 11 is 0. The molecule has 3 N–H and O–H groups in total. The van der Waals surface area contributed by atoms with Gasteiger partial charge in [0.1, 0.15) is 17.7 Å². The fourth-order valence-electron chi connectivity index (χ4n) is 3.30. The highest BCUT2D eigenvalue weighted by molar-refractivity contribution is 7.92. The lowest BCUT2D eigenvalue weighted by atomic mass is 10.2. The van der Waals surface area contributed by atoms with E-state index in [1.165, 1.54) is 18.2 Å². The van der Waals surface area contributed by atoms with Crippen molar-refractivity contribution >= 4 is 37.5 Å². The number of rotatable bonds is 8. The van der Waals surface area contributed by atoms with Crippen molar-refractivity contribution < 1.29 is 35.9 Å². The molecule has 1 atom stereocenters. The molecule has 0 bridgehead atoms. The Balaban J connectivity index is 1.97. The van der Waals surface area contributed by atoms with Gasteiger partial charge in [-0.15, -0.1) is 0 Å².